The number of hydrogen-bond acceptors (Lipinski definition) is 5. The fourth-order valence-corrected chi connectivity index (χ4v) is 4.65. The van der Waals surface area contributed by atoms with Crippen molar-refractivity contribution in [2.24, 2.45) is 0 Å². The summed E-state index contributed by atoms with van der Waals surface area (Å²) >= 11 is 0. The van der Waals surface area contributed by atoms with Crippen LogP contribution in [0.3, 0.4) is 0 Å². The van der Waals surface area contributed by atoms with Crippen LogP contribution in [-0.4, -0.2) is 29.0 Å². The summed E-state index contributed by atoms with van der Waals surface area (Å²) in [4.78, 5) is 28.4. The molecule has 0 saturated carbocycles. The van der Waals surface area contributed by atoms with Gasteiger partial charge >= 0.3 is 0 Å². The second-order valence-corrected chi connectivity index (χ2v) is 10.1. The molecule has 1 heterocycles. The third-order valence-corrected chi connectivity index (χ3v) is 6.77. The SMILES string of the molecule is COc1ccc(/C(O)=C2/C(=O)C(=O)N(c3cccc(C)c3C)C2c2ccc(O)cc2)cc1C(C)(C)C. The first-order chi connectivity index (χ1) is 17.0. The van der Waals surface area contributed by atoms with E-state index in [9.17, 15) is 19.8 Å². The van der Waals surface area contributed by atoms with Crippen LogP contribution < -0.4 is 9.64 Å². The van der Waals surface area contributed by atoms with Gasteiger partial charge in [-0.05, 0) is 72.4 Å². The lowest BCUT2D eigenvalue weighted by molar-refractivity contribution is -0.132. The van der Waals surface area contributed by atoms with Crippen molar-refractivity contribution in [2.75, 3.05) is 12.0 Å². The molecule has 0 radical (unpaired) electrons. The highest BCUT2D eigenvalue weighted by atomic mass is 16.5. The van der Waals surface area contributed by atoms with Crippen LogP contribution in [0.15, 0.2) is 66.2 Å². The number of anilines is 1. The minimum Gasteiger partial charge on any atom is -0.508 e. The zero-order valence-electron chi connectivity index (χ0n) is 21.4. The summed E-state index contributed by atoms with van der Waals surface area (Å²) in [6.07, 6.45) is 0. The molecular formula is C30H31NO5. The average molecular weight is 486 g/mol. The highest BCUT2D eigenvalue weighted by Gasteiger charge is 2.47. The number of ether oxygens (including phenoxy) is 1. The van der Waals surface area contributed by atoms with Gasteiger partial charge < -0.3 is 14.9 Å². The van der Waals surface area contributed by atoms with Crippen molar-refractivity contribution in [3.63, 3.8) is 0 Å². The summed E-state index contributed by atoms with van der Waals surface area (Å²) in [5.41, 5.74) is 4.02. The van der Waals surface area contributed by atoms with Gasteiger partial charge in [0, 0.05) is 16.8 Å². The van der Waals surface area contributed by atoms with E-state index in [0.29, 0.717) is 22.6 Å². The zero-order valence-corrected chi connectivity index (χ0v) is 21.4. The highest BCUT2D eigenvalue weighted by Crippen LogP contribution is 2.44. The number of methoxy groups -OCH3 is 1. The minimum atomic E-state index is -0.869. The standard InChI is InChI=1S/C30H31NO5/c1-17-8-7-9-23(18(17)2)31-26(19-10-13-21(32)14-11-19)25(28(34)29(31)35)27(33)20-12-15-24(36-6)22(16-20)30(3,4)5/h7-16,26,32-33H,1-6H3/b27-25-. The summed E-state index contributed by atoms with van der Waals surface area (Å²) in [5, 5.41) is 21.4. The first-order valence-electron chi connectivity index (χ1n) is 11.8. The molecule has 1 amide bonds. The van der Waals surface area contributed by atoms with Crippen LogP contribution in [0.25, 0.3) is 5.76 Å². The van der Waals surface area contributed by atoms with Gasteiger partial charge in [-0.1, -0.05) is 45.0 Å². The quantitative estimate of drug-likeness (QED) is 0.271. The number of aliphatic hydroxyl groups excluding tert-OH is 1. The fourth-order valence-electron chi connectivity index (χ4n) is 4.65. The smallest absolute Gasteiger partial charge is 0.300 e. The number of phenols is 1. The summed E-state index contributed by atoms with van der Waals surface area (Å²) < 4.78 is 5.52. The Labute approximate surface area is 211 Å². The molecule has 1 unspecified atom stereocenters. The molecule has 6 heteroatoms. The van der Waals surface area contributed by atoms with Crippen LogP contribution in [0.5, 0.6) is 11.5 Å². The van der Waals surface area contributed by atoms with Gasteiger partial charge in [0.15, 0.2) is 0 Å². The van der Waals surface area contributed by atoms with Crippen molar-refractivity contribution in [3.05, 3.63) is 94.1 Å². The number of phenolic OH excluding ortho intramolecular Hbond substituents is 1. The third-order valence-electron chi connectivity index (χ3n) is 6.77. The Morgan fingerprint density at radius 1 is 0.972 bits per heavy atom. The average Bonchev–Trinajstić information content (AvgIpc) is 3.10. The number of rotatable bonds is 4. The van der Waals surface area contributed by atoms with E-state index in [4.69, 9.17) is 4.74 Å². The van der Waals surface area contributed by atoms with Crippen LogP contribution in [0.2, 0.25) is 0 Å². The maximum absolute atomic E-state index is 13.5. The molecule has 1 saturated heterocycles. The van der Waals surface area contributed by atoms with Gasteiger partial charge in [-0.25, -0.2) is 0 Å². The summed E-state index contributed by atoms with van der Waals surface area (Å²) in [6, 6.07) is 16.3. The van der Waals surface area contributed by atoms with E-state index in [0.717, 1.165) is 16.7 Å². The summed E-state index contributed by atoms with van der Waals surface area (Å²) in [6.45, 7) is 9.94. The van der Waals surface area contributed by atoms with Gasteiger partial charge in [-0.3, -0.25) is 14.5 Å². The highest BCUT2D eigenvalue weighted by molar-refractivity contribution is 6.51. The van der Waals surface area contributed by atoms with Gasteiger partial charge in [0.1, 0.15) is 17.3 Å². The molecule has 0 bridgehead atoms. The van der Waals surface area contributed by atoms with Crippen molar-refractivity contribution < 1.29 is 24.5 Å². The van der Waals surface area contributed by atoms with Gasteiger partial charge in [-0.15, -0.1) is 0 Å². The molecule has 0 spiro atoms. The Kier molecular flexibility index (Phi) is 6.39. The normalized spacial score (nSPS) is 17.5. The Balaban J connectivity index is 1.99. The lowest BCUT2D eigenvalue weighted by Crippen LogP contribution is -2.30. The van der Waals surface area contributed by atoms with Crippen molar-refractivity contribution in [1.29, 1.82) is 0 Å². The Morgan fingerprint density at radius 3 is 2.25 bits per heavy atom. The number of hydrogen-bond donors (Lipinski definition) is 2. The van der Waals surface area contributed by atoms with Gasteiger partial charge in [0.05, 0.1) is 18.7 Å². The molecule has 3 aromatic carbocycles. The predicted octanol–water partition coefficient (Wildman–Crippen LogP) is 5.94. The molecule has 1 atom stereocenters. The maximum atomic E-state index is 13.5. The van der Waals surface area contributed by atoms with E-state index in [-0.39, 0.29) is 22.5 Å². The van der Waals surface area contributed by atoms with E-state index >= 15 is 0 Å². The molecule has 186 valence electrons. The second-order valence-electron chi connectivity index (χ2n) is 10.1. The van der Waals surface area contributed by atoms with E-state index in [1.165, 1.54) is 17.0 Å². The lowest BCUT2D eigenvalue weighted by Gasteiger charge is -2.27. The molecule has 2 N–H and O–H groups in total. The number of amides is 1. The largest absolute Gasteiger partial charge is 0.508 e. The van der Waals surface area contributed by atoms with E-state index in [1.54, 1.807) is 43.5 Å². The monoisotopic (exact) mass is 485 g/mol. The zero-order chi connectivity index (χ0) is 26.4. The predicted molar refractivity (Wildman–Crippen MR) is 140 cm³/mol. The first-order valence-corrected chi connectivity index (χ1v) is 11.8. The second kappa shape index (κ2) is 9.19. The molecule has 4 rings (SSSR count). The number of carbonyl (C=O) groups excluding carboxylic acids is 2. The van der Waals surface area contributed by atoms with Crippen molar-refractivity contribution in [2.45, 2.75) is 46.1 Å². The topological polar surface area (TPSA) is 87.1 Å². The van der Waals surface area contributed by atoms with Gasteiger partial charge in [0.25, 0.3) is 11.7 Å². The minimum absolute atomic E-state index is 0.00313. The van der Waals surface area contributed by atoms with E-state index in [2.05, 4.69) is 0 Å². The van der Waals surface area contributed by atoms with Crippen molar-refractivity contribution >= 4 is 23.1 Å². The van der Waals surface area contributed by atoms with Crippen molar-refractivity contribution in [3.8, 4) is 11.5 Å². The van der Waals surface area contributed by atoms with Crippen LogP contribution in [0.1, 0.15) is 54.6 Å². The molecule has 1 aliphatic heterocycles. The van der Waals surface area contributed by atoms with Crippen LogP contribution in [0.4, 0.5) is 5.69 Å². The summed E-state index contributed by atoms with van der Waals surface area (Å²) in [7, 11) is 1.59. The third kappa shape index (κ3) is 4.24. The van der Waals surface area contributed by atoms with Gasteiger partial charge in [-0.2, -0.15) is 0 Å². The lowest BCUT2D eigenvalue weighted by atomic mass is 9.84. The van der Waals surface area contributed by atoms with Crippen molar-refractivity contribution in [1.82, 2.24) is 0 Å². The van der Waals surface area contributed by atoms with Crippen LogP contribution >= 0.6 is 0 Å². The Morgan fingerprint density at radius 2 is 1.64 bits per heavy atom. The van der Waals surface area contributed by atoms with E-state index < -0.39 is 17.7 Å². The Bertz CT molecular complexity index is 1380. The molecule has 1 aliphatic rings. The van der Waals surface area contributed by atoms with Crippen LogP contribution in [-0.2, 0) is 15.0 Å². The molecule has 6 nitrogen and oxygen atoms in total. The molecule has 1 fully saturated rings. The molecule has 0 aliphatic carbocycles. The molecule has 0 aromatic heterocycles. The number of carbonyl (C=O) groups is 2. The number of aryl methyl sites for hydroxylation is 1. The number of Topliss-reactive ketones (excluding diaryl/α,β-unsaturated/α-hetero) is 1. The maximum Gasteiger partial charge on any atom is 0.300 e. The number of nitrogens with zero attached hydrogens (tertiary/aromatic N) is 1. The van der Waals surface area contributed by atoms with Gasteiger partial charge in [0.2, 0.25) is 0 Å². The summed E-state index contributed by atoms with van der Waals surface area (Å²) in [5.74, 6) is -1.00. The molecule has 36 heavy (non-hydrogen) atoms. The number of ketones is 1. The first kappa shape index (κ1) is 25.0. The molecule has 3 aromatic rings. The van der Waals surface area contributed by atoms with Crippen LogP contribution in [0, 0.1) is 13.8 Å². The number of benzene rings is 3. The van der Waals surface area contributed by atoms with E-state index in [1.807, 2.05) is 46.8 Å². The number of aliphatic hydroxyl groups is 1. The Hall–Kier alpha value is -4.06. The number of aromatic hydroxyl groups is 1. The molecular weight excluding hydrogens is 454 g/mol. The fraction of sp³-hybridized carbons (Fsp3) is 0.267.